The number of amides is 3. The molecule has 1 atom stereocenters. The van der Waals surface area contributed by atoms with Gasteiger partial charge in [-0.15, -0.1) is 0 Å². The van der Waals surface area contributed by atoms with Gasteiger partial charge in [-0.25, -0.2) is 4.79 Å². The maximum Gasteiger partial charge on any atom is 0.501 e. The van der Waals surface area contributed by atoms with E-state index in [9.17, 15) is 9.59 Å². The molecule has 140 valence electrons. The summed E-state index contributed by atoms with van der Waals surface area (Å²) in [7, 11) is 0. The van der Waals surface area contributed by atoms with Crippen LogP contribution in [0.3, 0.4) is 0 Å². The molecule has 1 aliphatic heterocycles. The SMILES string of the molecule is C=CCN1C(=O)C2C=CC=CC2=[N+](Cc2nc(-c3ccc(Br)cc3)no2)C1=O. The molecule has 0 saturated carbocycles. The average Bonchev–Trinajstić information content (AvgIpc) is 3.18. The third kappa shape index (κ3) is 3.27. The largest absolute Gasteiger partial charge is 0.501 e. The van der Waals surface area contributed by atoms with E-state index in [1.807, 2.05) is 24.3 Å². The monoisotopic (exact) mass is 439 g/mol. The maximum absolute atomic E-state index is 12.9. The van der Waals surface area contributed by atoms with Crippen LogP contribution in [0.4, 0.5) is 4.79 Å². The number of hydrogen-bond donors (Lipinski definition) is 0. The molecule has 0 spiro atoms. The van der Waals surface area contributed by atoms with E-state index in [1.54, 1.807) is 24.3 Å². The molecule has 2 heterocycles. The molecular formula is C20H16BrN4O3+. The van der Waals surface area contributed by atoms with Gasteiger partial charge in [0.05, 0.1) is 0 Å². The molecule has 1 unspecified atom stereocenters. The van der Waals surface area contributed by atoms with Crippen molar-refractivity contribution in [3.8, 4) is 11.4 Å². The normalized spacial score (nSPS) is 18.6. The molecular weight excluding hydrogens is 424 g/mol. The number of aromatic nitrogens is 2. The number of imide groups is 1. The van der Waals surface area contributed by atoms with Gasteiger partial charge in [-0.1, -0.05) is 52.0 Å². The molecule has 0 saturated heterocycles. The summed E-state index contributed by atoms with van der Waals surface area (Å²) in [6.45, 7) is 3.85. The molecule has 8 heteroatoms. The first kappa shape index (κ1) is 18.2. The Balaban J connectivity index is 1.67. The molecule has 1 aromatic carbocycles. The summed E-state index contributed by atoms with van der Waals surface area (Å²) in [5.41, 5.74) is 1.40. The lowest BCUT2D eigenvalue weighted by Crippen LogP contribution is -2.54. The van der Waals surface area contributed by atoms with Crippen molar-refractivity contribution in [3.05, 3.63) is 71.6 Å². The van der Waals surface area contributed by atoms with E-state index < -0.39 is 11.9 Å². The highest BCUT2D eigenvalue weighted by Crippen LogP contribution is 2.22. The Labute approximate surface area is 169 Å². The van der Waals surface area contributed by atoms with E-state index in [2.05, 4.69) is 32.6 Å². The minimum Gasteiger partial charge on any atom is -0.335 e. The zero-order chi connectivity index (χ0) is 19.7. The number of carbonyl (C=O) groups is 2. The maximum atomic E-state index is 12.9. The molecule has 7 nitrogen and oxygen atoms in total. The lowest BCUT2D eigenvalue weighted by Gasteiger charge is -2.25. The fraction of sp³-hybridized carbons (Fsp3) is 0.150. The minimum absolute atomic E-state index is 0.0767. The molecule has 1 aliphatic carbocycles. The fourth-order valence-corrected chi connectivity index (χ4v) is 3.41. The van der Waals surface area contributed by atoms with Crippen molar-refractivity contribution in [2.75, 3.05) is 6.54 Å². The number of urea groups is 1. The van der Waals surface area contributed by atoms with Crippen molar-refractivity contribution < 1.29 is 18.7 Å². The highest BCUT2D eigenvalue weighted by molar-refractivity contribution is 9.10. The van der Waals surface area contributed by atoms with Crippen LogP contribution in [0.2, 0.25) is 0 Å². The summed E-state index contributed by atoms with van der Waals surface area (Å²) in [4.78, 5) is 31.1. The van der Waals surface area contributed by atoms with Crippen molar-refractivity contribution in [1.29, 1.82) is 0 Å². The predicted octanol–water partition coefficient (Wildman–Crippen LogP) is 3.34. The van der Waals surface area contributed by atoms with Crippen LogP contribution in [0.15, 0.2) is 70.2 Å². The Kier molecular flexibility index (Phi) is 4.87. The Morgan fingerprint density at radius 3 is 2.79 bits per heavy atom. The van der Waals surface area contributed by atoms with Crippen molar-refractivity contribution >= 4 is 33.6 Å². The van der Waals surface area contributed by atoms with Crippen LogP contribution in [-0.4, -0.2) is 43.8 Å². The van der Waals surface area contributed by atoms with Crippen molar-refractivity contribution in [2.45, 2.75) is 6.54 Å². The Bertz CT molecular complexity index is 1050. The third-order valence-corrected chi connectivity index (χ3v) is 5.01. The van der Waals surface area contributed by atoms with Crippen LogP contribution in [0, 0.1) is 5.92 Å². The first-order chi connectivity index (χ1) is 13.6. The summed E-state index contributed by atoms with van der Waals surface area (Å²) in [6.07, 6.45) is 8.65. The summed E-state index contributed by atoms with van der Waals surface area (Å²) in [5, 5.41) is 4.00. The second-order valence-electron chi connectivity index (χ2n) is 6.27. The zero-order valence-corrected chi connectivity index (χ0v) is 16.4. The van der Waals surface area contributed by atoms with Crippen molar-refractivity contribution in [3.63, 3.8) is 0 Å². The van der Waals surface area contributed by atoms with Crippen LogP contribution in [0.25, 0.3) is 11.4 Å². The third-order valence-electron chi connectivity index (χ3n) is 4.48. The molecule has 4 rings (SSSR count). The van der Waals surface area contributed by atoms with Crippen molar-refractivity contribution in [1.82, 2.24) is 15.0 Å². The summed E-state index contributed by atoms with van der Waals surface area (Å²) in [5.74, 6) is -0.0608. The lowest BCUT2D eigenvalue weighted by atomic mass is 9.94. The molecule has 0 bridgehead atoms. The van der Waals surface area contributed by atoms with Crippen LogP contribution in [0.5, 0.6) is 0 Å². The molecule has 2 aromatic rings. The number of fused-ring (bicyclic) bond motifs is 1. The molecule has 0 fully saturated rings. The van der Waals surface area contributed by atoms with Gasteiger partial charge in [0, 0.05) is 10.0 Å². The van der Waals surface area contributed by atoms with Gasteiger partial charge in [-0.05, 0) is 30.3 Å². The van der Waals surface area contributed by atoms with E-state index in [-0.39, 0.29) is 24.9 Å². The lowest BCUT2D eigenvalue weighted by molar-refractivity contribution is -0.459. The topological polar surface area (TPSA) is 79.3 Å². The second kappa shape index (κ2) is 7.47. The number of rotatable bonds is 5. The van der Waals surface area contributed by atoms with E-state index >= 15 is 0 Å². The summed E-state index contributed by atoms with van der Waals surface area (Å²) < 4.78 is 7.80. The van der Waals surface area contributed by atoms with Gasteiger partial charge >= 0.3 is 11.9 Å². The smallest absolute Gasteiger partial charge is 0.335 e. The van der Waals surface area contributed by atoms with Crippen LogP contribution >= 0.6 is 15.9 Å². The van der Waals surface area contributed by atoms with Crippen LogP contribution in [-0.2, 0) is 11.3 Å². The molecule has 3 amide bonds. The Morgan fingerprint density at radius 1 is 1.25 bits per heavy atom. The van der Waals surface area contributed by atoms with E-state index in [0.29, 0.717) is 11.5 Å². The van der Waals surface area contributed by atoms with Crippen molar-refractivity contribution in [2.24, 2.45) is 5.92 Å². The number of allylic oxidation sites excluding steroid dienone is 3. The molecule has 0 N–H and O–H groups in total. The van der Waals surface area contributed by atoms with Gasteiger partial charge < -0.3 is 4.52 Å². The standard InChI is InChI=1S/C20H16BrN4O3/c1-2-11-24-19(26)15-5-3-4-6-16(15)25(20(24)27)12-17-22-18(23-28-17)13-7-9-14(21)10-8-13/h2-10,15H,1,11-12H2/q+1. The van der Waals surface area contributed by atoms with E-state index in [0.717, 1.165) is 10.0 Å². The Hall–Kier alpha value is -3.13. The Morgan fingerprint density at radius 2 is 2.04 bits per heavy atom. The minimum atomic E-state index is -0.517. The van der Waals surface area contributed by atoms with E-state index in [1.165, 1.54) is 15.6 Å². The molecule has 28 heavy (non-hydrogen) atoms. The summed E-state index contributed by atoms with van der Waals surface area (Å²) >= 11 is 3.39. The van der Waals surface area contributed by atoms with Gasteiger partial charge in [0.2, 0.25) is 5.82 Å². The number of hydrogen-bond acceptors (Lipinski definition) is 5. The highest BCUT2D eigenvalue weighted by Gasteiger charge is 2.46. The summed E-state index contributed by atoms with van der Waals surface area (Å²) in [6, 6.07) is 7.08. The number of nitrogens with zero attached hydrogens (tertiary/aromatic N) is 4. The van der Waals surface area contributed by atoms with Gasteiger partial charge in [0.1, 0.15) is 18.2 Å². The first-order valence-corrected chi connectivity index (χ1v) is 9.42. The first-order valence-electron chi connectivity index (χ1n) is 8.62. The molecule has 0 radical (unpaired) electrons. The van der Waals surface area contributed by atoms with Gasteiger partial charge in [-0.2, -0.15) is 19.3 Å². The van der Waals surface area contributed by atoms with Gasteiger partial charge in [0.15, 0.2) is 6.54 Å². The van der Waals surface area contributed by atoms with E-state index in [4.69, 9.17) is 4.52 Å². The molecule has 2 aliphatic rings. The van der Waals surface area contributed by atoms with Gasteiger partial charge in [-0.3, -0.25) is 0 Å². The number of halogens is 1. The van der Waals surface area contributed by atoms with Gasteiger partial charge in [0.25, 0.3) is 5.89 Å². The highest BCUT2D eigenvalue weighted by atomic mass is 79.9. The average molecular weight is 440 g/mol. The predicted molar refractivity (Wildman–Crippen MR) is 105 cm³/mol. The number of carbonyl (C=O) groups excluding carboxylic acids is 2. The second-order valence-corrected chi connectivity index (χ2v) is 7.19. The van der Waals surface area contributed by atoms with Crippen LogP contribution in [0.1, 0.15) is 5.89 Å². The quantitative estimate of drug-likeness (QED) is 0.527. The van der Waals surface area contributed by atoms with Crippen LogP contribution < -0.4 is 0 Å². The fourth-order valence-electron chi connectivity index (χ4n) is 3.14. The zero-order valence-electron chi connectivity index (χ0n) is 14.8. The number of benzene rings is 1. The molecule has 1 aromatic heterocycles.